The molecule has 4 heteroatoms. The topological polar surface area (TPSA) is 31.4 Å². The quantitative estimate of drug-likeness (QED) is 0.599. The molecule has 26 heavy (non-hydrogen) atoms. The summed E-state index contributed by atoms with van der Waals surface area (Å²) in [5.41, 5.74) is 5.15. The van der Waals surface area contributed by atoms with Crippen LogP contribution in [0.15, 0.2) is 42.5 Å². The Bertz CT molecular complexity index is 916. The largest absolute Gasteiger partial charge is 0.497 e. The van der Waals surface area contributed by atoms with Crippen LogP contribution in [0.1, 0.15) is 28.1 Å². The zero-order chi connectivity index (χ0) is 17.9. The summed E-state index contributed by atoms with van der Waals surface area (Å²) in [6, 6.07) is 14.6. The average Bonchev–Trinajstić information content (AvgIpc) is 3.28. The fraction of sp³-hybridized carbons (Fsp3) is 0.318. The molecule has 2 aromatic carbocycles. The average molecular weight is 365 g/mol. The normalized spacial score (nSPS) is 12.8. The lowest BCUT2D eigenvalue weighted by atomic mass is 10.1. The summed E-state index contributed by atoms with van der Waals surface area (Å²) in [4.78, 5) is 6.08. The molecule has 0 aliphatic heterocycles. The Hall–Kier alpha value is -2.33. The first-order valence-corrected chi connectivity index (χ1v) is 9.90. The maximum Gasteiger partial charge on any atom is 0.124 e. The molecule has 0 spiro atoms. The van der Waals surface area contributed by atoms with Gasteiger partial charge in [-0.3, -0.25) is 0 Å². The zero-order valence-corrected chi connectivity index (χ0v) is 16.1. The second-order valence-electron chi connectivity index (χ2n) is 6.64. The first-order valence-electron chi connectivity index (χ1n) is 9.08. The molecule has 0 unspecified atom stereocenters. The summed E-state index contributed by atoms with van der Waals surface area (Å²) >= 11 is 1.73. The van der Waals surface area contributed by atoms with Gasteiger partial charge in [-0.15, -0.1) is 11.3 Å². The van der Waals surface area contributed by atoms with E-state index < -0.39 is 0 Å². The predicted molar refractivity (Wildman–Crippen MR) is 107 cm³/mol. The lowest BCUT2D eigenvalue weighted by molar-refractivity contribution is 0.320. The van der Waals surface area contributed by atoms with Crippen molar-refractivity contribution in [2.75, 3.05) is 13.7 Å². The highest BCUT2D eigenvalue weighted by atomic mass is 32.1. The molecule has 4 rings (SSSR count). The number of hydrogen-bond acceptors (Lipinski definition) is 4. The fourth-order valence-corrected chi connectivity index (χ4v) is 4.40. The minimum Gasteiger partial charge on any atom is -0.497 e. The van der Waals surface area contributed by atoms with Crippen molar-refractivity contribution in [1.29, 1.82) is 0 Å². The minimum absolute atomic E-state index is 0.654. The predicted octanol–water partition coefficient (Wildman–Crippen LogP) is 5.24. The van der Waals surface area contributed by atoms with Crippen LogP contribution in [0.2, 0.25) is 0 Å². The number of ether oxygens (including phenoxy) is 2. The number of aromatic nitrogens is 1. The molecular weight excluding hydrogens is 342 g/mol. The lowest BCUT2D eigenvalue weighted by Gasteiger charge is -2.07. The molecular formula is C22H23NO2S. The summed E-state index contributed by atoms with van der Waals surface area (Å²) in [6.45, 7) is 2.78. The molecule has 1 aliphatic carbocycles. The Morgan fingerprint density at radius 1 is 1.04 bits per heavy atom. The number of fused-ring (bicyclic) bond motifs is 1. The van der Waals surface area contributed by atoms with Crippen molar-refractivity contribution in [2.45, 2.75) is 32.6 Å². The standard InChI is InChI=1S/C22H23NO2S/c1-15-21(23-22(26-15)18-7-4-8-19(14-18)24-2)11-12-25-20-10-9-16-5-3-6-17(16)13-20/h4,7-10,13-14H,3,5-6,11-12H2,1-2H3. The van der Waals surface area contributed by atoms with Crippen LogP contribution in [-0.2, 0) is 19.3 Å². The van der Waals surface area contributed by atoms with E-state index in [1.165, 1.54) is 35.3 Å². The summed E-state index contributed by atoms with van der Waals surface area (Å²) in [5, 5.41) is 1.04. The molecule has 0 saturated heterocycles. The Labute approximate surface area is 158 Å². The summed E-state index contributed by atoms with van der Waals surface area (Å²) in [7, 11) is 1.69. The number of nitrogens with zero attached hydrogens (tertiary/aromatic N) is 1. The molecule has 3 aromatic rings. The van der Waals surface area contributed by atoms with E-state index in [1.54, 1.807) is 18.4 Å². The zero-order valence-electron chi connectivity index (χ0n) is 15.2. The maximum atomic E-state index is 5.99. The molecule has 1 aromatic heterocycles. The van der Waals surface area contributed by atoms with Gasteiger partial charge < -0.3 is 9.47 Å². The Balaban J connectivity index is 1.41. The van der Waals surface area contributed by atoms with Gasteiger partial charge in [0.25, 0.3) is 0 Å². The molecule has 134 valence electrons. The van der Waals surface area contributed by atoms with Crippen LogP contribution in [0.3, 0.4) is 0 Å². The second-order valence-corrected chi connectivity index (χ2v) is 7.84. The van der Waals surface area contributed by atoms with Crippen molar-refractivity contribution in [3.8, 4) is 22.1 Å². The highest BCUT2D eigenvalue weighted by Gasteiger charge is 2.13. The smallest absolute Gasteiger partial charge is 0.124 e. The molecule has 0 bridgehead atoms. The number of rotatable bonds is 6. The molecule has 0 atom stereocenters. The van der Waals surface area contributed by atoms with Crippen LogP contribution in [0.5, 0.6) is 11.5 Å². The van der Waals surface area contributed by atoms with Crippen molar-refractivity contribution in [3.63, 3.8) is 0 Å². The van der Waals surface area contributed by atoms with Crippen molar-refractivity contribution >= 4 is 11.3 Å². The highest BCUT2D eigenvalue weighted by Crippen LogP contribution is 2.30. The van der Waals surface area contributed by atoms with E-state index in [2.05, 4.69) is 31.2 Å². The fourth-order valence-electron chi connectivity index (χ4n) is 3.44. The molecule has 1 aliphatic rings. The number of methoxy groups -OCH3 is 1. The number of benzene rings is 2. The Morgan fingerprint density at radius 2 is 1.92 bits per heavy atom. The SMILES string of the molecule is COc1cccc(-c2nc(CCOc3ccc4c(c3)CCC4)c(C)s2)c1. The van der Waals surface area contributed by atoms with E-state index in [0.29, 0.717) is 6.61 Å². The van der Waals surface area contributed by atoms with Crippen LogP contribution < -0.4 is 9.47 Å². The van der Waals surface area contributed by atoms with Gasteiger partial charge in [-0.2, -0.15) is 0 Å². The van der Waals surface area contributed by atoms with Gasteiger partial charge >= 0.3 is 0 Å². The van der Waals surface area contributed by atoms with Gasteiger partial charge in [-0.25, -0.2) is 4.98 Å². The summed E-state index contributed by atoms with van der Waals surface area (Å²) in [6.07, 6.45) is 4.48. The number of thiazole rings is 1. The first-order chi connectivity index (χ1) is 12.7. The van der Waals surface area contributed by atoms with Crippen LogP contribution in [0, 0.1) is 6.92 Å². The van der Waals surface area contributed by atoms with Crippen molar-refractivity contribution in [2.24, 2.45) is 0 Å². The van der Waals surface area contributed by atoms with Crippen molar-refractivity contribution < 1.29 is 9.47 Å². The molecule has 0 fully saturated rings. The van der Waals surface area contributed by atoms with Crippen molar-refractivity contribution in [1.82, 2.24) is 4.98 Å². The Morgan fingerprint density at radius 3 is 2.81 bits per heavy atom. The molecule has 0 N–H and O–H groups in total. The molecule has 3 nitrogen and oxygen atoms in total. The Kier molecular flexibility index (Phi) is 4.93. The van der Waals surface area contributed by atoms with Gasteiger partial charge in [0.2, 0.25) is 0 Å². The lowest BCUT2D eigenvalue weighted by Crippen LogP contribution is -2.03. The van der Waals surface area contributed by atoms with E-state index in [1.807, 2.05) is 18.2 Å². The van der Waals surface area contributed by atoms with Crippen LogP contribution in [0.4, 0.5) is 0 Å². The molecule has 0 radical (unpaired) electrons. The van der Waals surface area contributed by atoms with E-state index in [-0.39, 0.29) is 0 Å². The number of hydrogen-bond donors (Lipinski definition) is 0. The third kappa shape index (κ3) is 3.61. The van der Waals surface area contributed by atoms with Gasteiger partial charge in [0, 0.05) is 16.9 Å². The van der Waals surface area contributed by atoms with Crippen molar-refractivity contribution in [3.05, 3.63) is 64.2 Å². The molecule has 0 amide bonds. The van der Waals surface area contributed by atoms with Crippen LogP contribution in [-0.4, -0.2) is 18.7 Å². The highest BCUT2D eigenvalue weighted by molar-refractivity contribution is 7.15. The molecule has 0 saturated carbocycles. The van der Waals surface area contributed by atoms with Crippen LogP contribution >= 0.6 is 11.3 Å². The van der Waals surface area contributed by atoms with E-state index in [0.717, 1.165) is 34.2 Å². The van der Waals surface area contributed by atoms with E-state index in [4.69, 9.17) is 14.5 Å². The van der Waals surface area contributed by atoms with Gasteiger partial charge in [0.15, 0.2) is 0 Å². The van der Waals surface area contributed by atoms with E-state index >= 15 is 0 Å². The van der Waals surface area contributed by atoms with Gasteiger partial charge in [-0.1, -0.05) is 18.2 Å². The third-order valence-electron chi connectivity index (χ3n) is 4.89. The first kappa shape index (κ1) is 17.1. The van der Waals surface area contributed by atoms with Gasteiger partial charge in [0.1, 0.15) is 16.5 Å². The monoisotopic (exact) mass is 365 g/mol. The maximum absolute atomic E-state index is 5.99. The molecule has 1 heterocycles. The van der Waals surface area contributed by atoms with Crippen LogP contribution in [0.25, 0.3) is 10.6 Å². The summed E-state index contributed by atoms with van der Waals surface area (Å²) < 4.78 is 11.3. The van der Waals surface area contributed by atoms with Gasteiger partial charge in [-0.05, 0) is 61.6 Å². The second kappa shape index (κ2) is 7.50. The summed E-state index contributed by atoms with van der Waals surface area (Å²) in [5.74, 6) is 1.84. The minimum atomic E-state index is 0.654. The van der Waals surface area contributed by atoms with E-state index in [9.17, 15) is 0 Å². The third-order valence-corrected chi connectivity index (χ3v) is 5.95. The number of aryl methyl sites for hydroxylation is 3. The van der Waals surface area contributed by atoms with Gasteiger partial charge in [0.05, 0.1) is 19.4 Å².